The molecule has 1 N–H and O–H groups in total. The van der Waals surface area contributed by atoms with E-state index in [2.05, 4.69) is 25.1 Å². The van der Waals surface area contributed by atoms with Crippen molar-refractivity contribution in [3.63, 3.8) is 0 Å². The van der Waals surface area contributed by atoms with E-state index in [4.69, 9.17) is 6.42 Å². The van der Waals surface area contributed by atoms with Gasteiger partial charge in [0.25, 0.3) is 0 Å². The highest BCUT2D eigenvalue weighted by Gasteiger charge is 2.28. The van der Waals surface area contributed by atoms with Crippen molar-refractivity contribution in [2.45, 2.75) is 33.1 Å². The van der Waals surface area contributed by atoms with Crippen LogP contribution in [0.5, 0.6) is 0 Å². The molecular weight excluding hydrogens is 186 g/mol. The minimum atomic E-state index is 0.258. The second-order valence-electron chi connectivity index (χ2n) is 4.89. The summed E-state index contributed by atoms with van der Waals surface area (Å²) in [7, 11) is 0. The molecule has 1 saturated carbocycles. The third-order valence-corrected chi connectivity index (χ3v) is 3.16. The molecule has 0 saturated heterocycles. The number of carbonyl (C=O) groups is 1. The quantitative estimate of drug-likeness (QED) is 0.563. The Hall–Kier alpha value is -0.810. The number of ketones is 1. The van der Waals surface area contributed by atoms with Crippen molar-refractivity contribution in [2.75, 3.05) is 13.1 Å². The topological polar surface area (TPSA) is 29.1 Å². The molecule has 0 aromatic heterocycles. The lowest BCUT2D eigenvalue weighted by molar-refractivity contribution is -0.123. The summed E-state index contributed by atoms with van der Waals surface area (Å²) in [5.41, 5.74) is 0. The van der Waals surface area contributed by atoms with Crippen molar-refractivity contribution in [3.05, 3.63) is 0 Å². The minimum Gasteiger partial charge on any atom is -0.299 e. The van der Waals surface area contributed by atoms with Gasteiger partial charge in [-0.25, -0.2) is 0 Å². The molecule has 0 radical (unpaired) electrons. The molecule has 1 aliphatic rings. The van der Waals surface area contributed by atoms with E-state index in [9.17, 15) is 4.79 Å². The summed E-state index contributed by atoms with van der Waals surface area (Å²) in [6.07, 6.45) is 8.49. The maximum atomic E-state index is 11.8. The van der Waals surface area contributed by atoms with E-state index in [1.54, 1.807) is 0 Å². The summed E-state index contributed by atoms with van der Waals surface area (Å²) in [6.45, 7) is 5.41. The Kier molecular flexibility index (Phi) is 4.84. The first-order valence-corrected chi connectivity index (χ1v) is 5.80. The second-order valence-corrected chi connectivity index (χ2v) is 4.89. The lowest BCUT2D eigenvalue weighted by Crippen LogP contribution is -2.33. The van der Waals surface area contributed by atoms with Crippen molar-refractivity contribution >= 4 is 5.78 Å². The first-order valence-electron chi connectivity index (χ1n) is 5.80. The molecule has 0 aromatic carbocycles. The molecule has 84 valence electrons. The lowest BCUT2D eigenvalue weighted by Gasteiger charge is -2.30. The first kappa shape index (κ1) is 12.3. The van der Waals surface area contributed by atoms with E-state index in [1.165, 1.54) is 6.42 Å². The van der Waals surface area contributed by atoms with Crippen molar-refractivity contribution in [2.24, 2.45) is 17.8 Å². The van der Waals surface area contributed by atoms with Gasteiger partial charge in [0.15, 0.2) is 0 Å². The van der Waals surface area contributed by atoms with Gasteiger partial charge in [-0.3, -0.25) is 10.1 Å². The Labute approximate surface area is 92.8 Å². The zero-order valence-corrected chi connectivity index (χ0v) is 9.75. The number of carbonyl (C=O) groups excluding carboxylic acids is 1. The molecular formula is C13H21NO. The number of Topliss-reactive ketones (excluding diaryl/α,β-unsaturated/α-hetero) is 1. The molecule has 1 fully saturated rings. The maximum absolute atomic E-state index is 11.8. The Bertz CT molecular complexity index is 244. The highest BCUT2D eigenvalue weighted by atomic mass is 16.1. The molecule has 0 spiro atoms. The molecule has 1 rings (SSSR count). The maximum Gasteiger partial charge on any atom is 0.149 e. The highest BCUT2D eigenvalue weighted by molar-refractivity contribution is 5.83. The van der Waals surface area contributed by atoms with Crippen LogP contribution in [0.25, 0.3) is 0 Å². The number of hydrogen-bond donors (Lipinski definition) is 1. The number of rotatable bonds is 4. The third kappa shape index (κ3) is 4.05. The van der Waals surface area contributed by atoms with Gasteiger partial charge in [-0.1, -0.05) is 19.8 Å². The van der Waals surface area contributed by atoms with E-state index in [0.717, 1.165) is 12.8 Å². The summed E-state index contributed by atoms with van der Waals surface area (Å²) in [6, 6.07) is 0. The van der Waals surface area contributed by atoms with Gasteiger partial charge >= 0.3 is 0 Å². The molecule has 2 atom stereocenters. The molecule has 0 bridgehead atoms. The van der Waals surface area contributed by atoms with Crippen LogP contribution in [-0.4, -0.2) is 18.9 Å². The van der Waals surface area contributed by atoms with Crippen LogP contribution < -0.4 is 5.32 Å². The van der Waals surface area contributed by atoms with Gasteiger partial charge in [-0.05, 0) is 31.1 Å². The highest BCUT2D eigenvalue weighted by Crippen LogP contribution is 2.33. The Morgan fingerprint density at radius 2 is 1.93 bits per heavy atom. The fraction of sp³-hybridized carbons (Fsp3) is 0.769. The van der Waals surface area contributed by atoms with Gasteiger partial charge in [-0.15, -0.1) is 6.42 Å². The molecule has 0 heterocycles. The zero-order valence-electron chi connectivity index (χ0n) is 9.75. The van der Waals surface area contributed by atoms with Crippen LogP contribution in [0, 0.1) is 30.1 Å². The minimum absolute atomic E-state index is 0.258. The smallest absolute Gasteiger partial charge is 0.149 e. The van der Waals surface area contributed by atoms with Crippen LogP contribution in [0.3, 0.4) is 0 Å². The molecule has 2 unspecified atom stereocenters. The van der Waals surface area contributed by atoms with Crippen LogP contribution in [0.15, 0.2) is 0 Å². The Balaban J connectivity index is 2.35. The number of hydrogen-bond acceptors (Lipinski definition) is 2. The number of terminal acetylenes is 1. The SMILES string of the molecule is C#CCNCC(=O)C1CC(C)CC(C)C1. The molecule has 0 aliphatic heterocycles. The summed E-state index contributed by atoms with van der Waals surface area (Å²) >= 11 is 0. The van der Waals surface area contributed by atoms with Gasteiger partial charge < -0.3 is 0 Å². The summed E-state index contributed by atoms with van der Waals surface area (Å²) in [4.78, 5) is 11.8. The third-order valence-electron chi connectivity index (χ3n) is 3.16. The van der Waals surface area contributed by atoms with Gasteiger partial charge in [0.1, 0.15) is 5.78 Å². The zero-order chi connectivity index (χ0) is 11.3. The summed E-state index contributed by atoms with van der Waals surface area (Å²) in [5.74, 6) is 4.46. The molecule has 2 nitrogen and oxygen atoms in total. The average Bonchev–Trinajstić information content (AvgIpc) is 2.16. The summed E-state index contributed by atoms with van der Waals surface area (Å²) in [5, 5.41) is 2.98. The van der Waals surface area contributed by atoms with Gasteiger partial charge in [0.2, 0.25) is 0 Å². The van der Waals surface area contributed by atoms with Crippen LogP contribution in [-0.2, 0) is 4.79 Å². The van der Waals surface area contributed by atoms with E-state index in [-0.39, 0.29) is 5.92 Å². The Morgan fingerprint density at radius 1 is 1.33 bits per heavy atom. The molecule has 0 amide bonds. The fourth-order valence-electron chi connectivity index (χ4n) is 2.61. The summed E-state index contributed by atoms with van der Waals surface area (Å²) < 4.78 is 0. The lowest BCUT2D eigenvalue weighted by atomic mass is 9.75. The second kappa shape index (κ2) is 5.92. The van der Waals surface area contributed by atoms with E-state index in [1.807, 2.05) is 0 Å². The van der Waals surface area contributed by atoms with Crippen LogP contribution in [0.2, 0.25) is 0 Å². The number of nitrogens with one attached hydrogen (secondary N) is 1. The molecule has 0 aromatic rings. The molecule has 1 aliphatic carbocycles. The van der Waals surface area contributed by atoms with Crippen molar-refractivity contribution in [1.29, 1.82) is 0 Å². The standard InChI is InChI=1S/C13H21NO/c1-4-5-14-9-13(15)12-7-10(2)6-11(3)8-12/h1,10-12,14H,5-9H2,2-3H3. The van der Waals surface area contributed by atoms with Crippen molar-refractivity contribution in [1.82, 2.24) is 5.32 Å². The van der Waals surface area contributed by atoms with Gasteiger partial charge in [0, 0.05) is 5.92 Å². The fourth-order valence-corrected chi connectivity index (χ4v) is 2.61. The molecule has 2 heteroatoms. The van der Waals surface area contributed by atoms with E-state index >= 15 is 0 Å². The Morgan fingerprint density at radius 3 is 2.47 bits per heavy atom. The van der Waals surface area contributed by atoms with Crippen molar-refractivity contribution in [3.8, 4) is 12.3 Å². The van der Waals surface area contributed by atoms with E-state index < -0.39 is 0 Å². The van der Waals surface area contributed by atoms with E-state index in [0.29, 0.717) is 30.7 Å². The van der Waals surface area contributed by atoms with Crippen LogP contribution in [0.4, 0.5) is 0 Å². The van der Waals surface area contributed by atoms with Crippen LogP contribution in [0.1, 0.15) is 33.1 Å². The normalized spacial score (nSPS) is 30.9. The van der Waals surface area contributed by atoms with Gasteiger partial charge in [0.05, 0.1) is 13.1 Å². The van der Waals surface area contributed by atoms with Crippen molar-refractivity contribution < 1.29 is 4.79 Å². The largest absolute Gasteiger partial charge is 0.299 e. The predicted molar refractivity (Wildman–Crippen MR) is 62.4 cm³/mol. The first-order chi connectivity index (χ1) is 7.13. The predicted octanol–water partition coefficient (Wildman–Crippen LogP) is 1.85. The monoisotopic (exact) mass is 207 g/mol. The molecule has 15 heavy (non-hydrogen) atoms. The van der Waals surface area contributed by atoms with Crippen LogP contribution >= 0.6 is 0 Å². The average molecular weight is 207 g/mol. The van der Waals surface area contributed by atoms with Gasteiger partial charge in [-0.2, -0.15) is 0 Å².